The van der Waals surface area contributed by atoms with Gasteiger partial charge in [0.15, 0.2) is 5.17 Å². The van der Waals surface area contributed by atoms with Crippen molar-refractivity contribution in [2.24, 2.45) is 4.99 Å². The number of aliphatic imine (C=N–C) groups is 1. The van der Waals surface area contributed by atoms with Gasteiger partial charge >= 0.3 is 17.9 Å². The van der Waals surface area contributed by atoms with E-state index in [9.17, 15) is 24.0 Å². The van der Waals surface area contributed by atoms with Crippen LogP contribution in [0, 0.1) is 6.92 Å². The molecule has 0 saturated carbocycles. The van der Waals surface area contributed by atoms with Gasteiger partial charge in [0.1, 0.15) is 12.1 Å². The van der Waals surface area contributed by atoms with E-state index in [4.69, 9.17) is 19.2 Å². The number of aryl methyl sites for hydroxylation is 1. The van der Waals surface area contributed by atoms with Gasteiger partial charge in [-0.25, -0.2) is 14.6 Å². The Kier molecular flexibility index (Phi) is 13.8. The number of rotatable bonds is 14. The number of anilines is 1. The van der Waals surface area contributed by atoms with Crippen LogP contribution in [0.2, 0.25) is 0 Å². The summed E-state index contributed by atoms with van der Waals surface area (Å²) in [4.78, 5) is 67.2. The van der Waals surface area contributed by atoms with Crippen molar-refractivity contribution in [2.45, 2.75) is 59.5 Å². The Bertz CT molecular complexity index is 1470. The largest absolute Gasteiger partial charge is 0.466 e. The number of allylic oxidation sites excluding steroid dienone is 1. The number of ether oxygens (including phenoxy) is 3. The van der Waals surface area contributed by atoms with Crippen molar-refractivity contribution in [3.8, 4) is 0 Å². The molecular weight excluding hydrogens is 612 g/mol. The van der Waals surface area contributed by atoms with Gasteiger partial charge in [-0.15, -0.1) is 0 Å². The molecule has 1 heterocycles. The van der Waals surface area contributed by atoms with Gasteiger partial charge < -0.3 is 30.2 Å². The van der Waals surface area contributed by atoms with Crippen molar-refractivity contribution >= 4 is 52.3 Å². The van der Waals surface area contributed by atoms with Gasteiger partial charge in [0, 0.05) is 23.4 Å². The molecule has 0 radical (unpaired) electrons. The number of hydrogen-bond donors (Lipinski definition) is 3. The number of amidine groups is 1. The maximum absolute atomic E-state index is 12.8. The summed E-state index contributed by atoms with van der Waals surface area (Å²) in [5, 5.41) is 8.99. The van der Waals surface area contributed by atoms with Crippen LogP contribution >= 0.6 is 11.8 Å². The predicted molar refractivity (Wildman–Crippen MR) is 175 cm³/mol. The van der Waals surface area contributed by atoms with E-state index in [2.05, 4.69) is 16.0 Å². The van der Waals surface area contributed by atoms with Crippen LogP contribution in [0.5, 0.6) is 0 Å². The lowest BCUT2D eigenvalue weighted by Gasteiger charge is -2.25. The summed E-state index contributed by atoms with van der Waals surface area (Å²) in [6.45, 7) is 9.40. The summed E-state index contributed by atoms with van der Waals surface area (Å²) in [6, 6.07) is 12.3. The first kappa shape index (κ1) is 35.8. The molecule has 3 rings (SSSR count). The zero-order valence-electron chi connectivity index (χ0n) is 26.6. The Balaban J connectivity index is 1.61. The standard InChI is InChI=1S/C33H40N4O8S/c1-6-43-27(39)18-17-25(31(41)44-7-2)36-30(40)23-13-15-24(16-14-23)35-26(38)19-46-33-34-21(5)28(32(42)45-8-3)29(37-33)22-11-9-20(4)10-12-22/h9-16,25,29H,6-8,17-19H2,1-5H3,(H,34,37)(H,35,38)(H,36,40)/t25-,29-/m1/s1. The second-order valence-electron chi connectivity index (χ2n) is 10.2. The predicted octanol–water partition coefficient (Wildman–Crippen LogP) is 4.21. The quantitative estimate of drug-likeness (QED) is 0.199. The third-order valence-corrected chi connectivity index (χ3v) is 7.58. The van der Waals surface area contributed by atoms with Crippen molar-refractivity contribution in [1.82, 2.24) is 10.6 Å². The normalized spacial score (nSPS) is 14.7. The number of carbonyl (C=O) groups excluding carboxylic acids is 5. The number of carbonyl (C=O) groups is 5. The van der Waals surface area contributed by atoms with E-state index in [0.29, 0.717) is 22.1 Å². The van der Waals surface area contributed by atoms with E-state index in [1.807, 2.05) is 31.2 Å². The number of hydrogen-bond acceptors (Lipinski definition) is 11. The molecule has 46 heavy (non-hydrogen) atoms. The van der Waals surface area contributed by atoms with Crippen molar-refractivity contribution in [2.75, 3.05) is 30.9 Å². The molecule has 2 aromatic rings. The average Bonchev–Trinajstić information content (AvgIpc) is 3.02. The maximum atomic E-state index is 12.8. The highest BCUT2D eigenvalue weighted by Gasteiger charge is 2.30. The maximum Gasteiger partial charge on any atom is 0.338 e. The Morgan fingerprint density at radius 1 is 0.891 bits per heavy atom. The minimum Gasteiger partial charge on any atom is -0.466 e. The van der Waals surface area contributed by atoms with Crippen LogP contribution in [0.1, 0.15) is 68.1 Å². The number of amides is 2. The summed E-state index contributed by atoms with van der Waals surface area (Å²) in [5.41, 5.74) is 3.63. The Morgan fingerprint density at radius 2 is 1.54 bits per heavy atom. The molecule has 0 unspecified atom stereocenters. The van der Waals surface area contributed by atoms with Crippen LogP contribution in [0.3, 0.4) is 0 Å². The number of benzene rings is 2. The molecule has 12 nitrogen and oxygen atoms in total. The molecule has 1 aliphatic heterocycles. The molecule has 246 valence electrons. The molecule has 13 heteroatoms. The van der Waals surface area contributed by atoms with Crippen LogP contribution < -0.4 is 16.0 Å². The Hall–Kier alpha value is -4.65. The topological polar surface area (TPSA) is 161 Å². The van der Waals surface area contributed by atoms with Crippen LogP contribution in [-0.2, 0) is 33.4 Å². The monoisotopic (exact) mass is 652 g/mol. The third kappa shape index (κ3) is 10.5. The molecule has 2 aromatic carbocycles. The average molecular weight is 653 g/mol. The third-order valence-electron chi connectivity index (χ3n) is 6.70. The molecule has 0 bridgehead atoms. The summed E-state index contributed by atoms with van der Waals surface area (Å²) in [5.74, 6) is -2.39. The van der Waals surface area contributed by atoms with Gasteiger partial charge in [-0.05, 0) is 70.9 Å². The number of nitrogens with one attached hydrogen (secondary N) is 3. The first-order chi connectivity index (χ1) is 22.1. The summed E-state index contributed by atoms with van der Waals surface area (Å²) < 4.78 is 15.2. The van der Waals surface area contributed by atoms with Crippen LogP contribution in [0.25, 0.3) is 0 Å². The van der Waals surface area contributed by atoms with Gasteiger partial charge in [-0.3, -0.25) is 14.4 Å². The van der Waals surface area contributed by atoms with E-state index < -0.39 is 35.9 Å². The summed E-state index contributed by atoms with van der Waals surface area (Å²) >= 11 is 1.19. The molecule has 2 atom stereocenters. The number of thioether (sulfide) groups is 1. The fourth-order valence-corrected chi connectivity index (χ4v) is 5.19. The molecule has 0 spiro atoms. The van der Waals surface area contributed by atoms with Crippen LogP contribution in [0.15, 0.2) is 64.8 Å². The molecule has 0 saturated heterocycles. The van der Waals surface area contributed by atoms with E-state index in [0.717, 1.165) is 11.1 Å². The second kappa shape index (κ2) is 17.7. The number of esters is 3. The molecule has 3 N–H and O–H groups in total. The highest BCUT2D eigenvalue weighted by atomic mass is 32.2. The highest BCUT2D eigenvalue weighted by Crippen LogP contribution is 2.33. The van der Waals surface area contributed by atoms with Gasteiger partial charge in [0.2, 0.25) is 5.91 Å². The van der Waals surface area contributed by atoms with Crippen LogP contribution in [-0.4, -0.2) is 66.5 Å². The van der Waals surface area contributed by atoms with Gasteiger partial charge in [0.05, 0.1) is 31.1 Å². The van der Waals surface area contributed by atoms with Gasteiger partial charge in [-0.2, -0.15) is 0 Å². The summed E-state index contributed by atoms with van der Waals surface area (Å²) in [6.07, 6.45) is -0.0296. The fourth-order valence-electron chi connectivity index (χ4n) is 4.45. The van der Waals surface area contributed by atoms with Crippen molar-refractivity contribution < 1.29 is 38.2 Å². The zero-order chi connectivity index (χ0) is 33.6. The Morgan fingerprint density at radius 3 is 2.17 bits per heavy atom. The minimum atomic E-state index is -1.03. The zero-order valence-corrected chi connectivity index (χ0v) is 27.5. The minimum absolute atomic E-state index is 0.0262. The Labute approximate surface area is 272 Å². The van der Waals surface area contributed by atoms with E-state index in [1.54, 1.807) is 39.8 Å². The van der Waals surface area contributed by atoms with Crippen molar-refractivity contribution in [3.63, 3.8) is 0 Å². The molecule has 1 aliphatic rings. The lowest BCUT2D eigenvalue weighted by atomic mass is 9.96. The second-order valence-corrected chi connectivity index (χ2v) is 11.1. The van der Waals surface area contributed by atoms with E-state index in [1.165, 1.54) is 23.9 Å². The molecule has 0 aliphatic carbocycles. The van der Waals surface area contributed by atoms with Crippen molar-refractivity contribution in [1.29, 1.82) is 0 Å². The lowest BCUT2D eigenvalue weighted by Crippen LogP contribution is -2.42. The van der Waals surface area contributed by atoms with Gasteiger partial charge in [0.25, 0.3) is 5.91 Å². The molecule has 0 fully saturated rings. The molecular formula is C33H40N4O8S. The van der Waals surface area contributed by atoms with E-state index >= 15 is 0 Å². The molecule has 2 amide bonds. The lowest BCUT2D eigenvalue weighted by molar-refractivity contribution is -0.147. The highest BCUT2D eigenvalue weighted by molar-refractivity contribution is 8.14. The van der Waals surface area contributed by atoms with Crippen molar-refractivity contribution in [3.05, 3.63) is 76.5 Å². The smallest absolute Gasteiger partial charge is 0.338 e. The van der Waals surface area contributed by atoms with Crippen LogP contribution in [0.4, 0.5) is 5.69 Å². The SMILES string of the molecule is CCOC(=O)CC[C@@H](NC(=O)c1ccc(NC(=O)CSC2=N[C@H](c3ccc(C)cc3)C(C(=O)OCC)=C(C)N2)cc1)C(=O)OCC. The number of nitrogens with zero attached hydrogens (tertiary/aromatic N) is 1. The molecule has 0 aromatic heterocycles. The summed E-state index contributed by atoms with van der Waals surface area (Å²) in [7, 11) is 0. The fraction of sp³-hybridized carbons (Fsp3) is 0.394. The first-order valence-electron chi connectivity index (χ1n) is 15.0. The first-order valence-corrected chi connectivity index (χ1v) is 16.0. The van der Waals surface area contributed by atoms with Gasteiger partial charge in [-0.1, -0.05) is 41.6 Å². The van der Waals surface area contributed by atoms with E-state index in [-0.39, 0.29) is 49.9 Å².